The van der Waals surface area contributed by atoms with Gasteiger partial charge in [-0.05, 0) is 44.9 Å². The molecule has 3 atom stereocenters. The third kappa shape index (κ3) is 5.96. The van der Waals surface area contributed by atoms with E-state index in [1.165, 1.54) is 4.90 Å². The van der Waals surface area contributed by atoms with E-state index in [9.17, 15) is 22.4 Å². The number of nitrogens with two attached hydrogens (primary N) is 1. The Hall–Kier alpha value is -4.05. The lowest BCUT2D eigenvalue weighted by molar-refractivity contribution is -0.140. The Morgan fingerprint density at radius 2 is 1.98 bits per heavy atom. The third-order valence-electron chi connectivity index (χ3n) is 10.3. The SMILES string of the molecule is Cc1c(C(=O)N(C)C)nn2c1CN(c1nc(OCC34CCCN3CC(F)C4)nc3c1CO[C@@H](c1c(C(F)(F)F)ccc(N)c1F)C3)CCC2. The number of nitrogens with zero attached hydrogens (tertiary/aromatic N) is 7. The number of fused-ring (bicyclic) bond motifs is 3. The molecule has 1 amide bonds. The van der Waals surface area contributed by atoms with Crippen molar-refractivity contribution >= 4 is 17.4 Å². The zero-order valence-corrected chi connectivity index (χ0v) is 27.6. The zero-order valence-electron chi connectivity index (χ0n) is 27.6. The molecule has 16 heteroatoms. The van der Waals surface area contributed by atoms with Crippen LogP contribution in [0.25, 0.3) is 0 Å². The van der Waals surface area contributed by atoms with Gasteiger partial charge in [-0.1, -0.05) is 0 Å². The molecule has 2 saturated heterocycles. The van der Waals surface area contributed by atoms with Crippen LogP contribution >= 0.6 is 0 Å². The van der Waals surface area contributed by atoms with Crippen LogP contribution in [0.3, 0.4) is 0 Å². The number of ether oxygens (including phenoxy) is 2. The fraction of sp³-hybridized carbons (Fsp3) is 0.576. The van der Waals surface area contributed by atoms with Crippen LogP contribution in [0.2, 0.25) is 0 Å². The van der Waals surface area contributed by atoms with Gasteiger partial charge in [0.15, 0.2) is 11.5 Å². The Bertz CT molecular complexity index is 1780. The number of nitrogen functional groups attached to an aromatic ring is 1. The standard InChI is InChI=1S/C33H39F5N8O3/c1-18-24-15-44(9-5-11-46(24)42-28(18)30(47)43(2)3)29-20-16-48-25(26-21(33(36,37)38)6-7-22(39)27(26)35)12-23(20)40-31(41-29)49-17-32-8-4-10-45(32)14-19(34)13-32/h6-7,19,25H,4-5,8-17,39H2,1-3H3/t19?,25-,32?/m1/s1. The number of hydrogen-bond donors (Lipinski definition) is 1. The maximum absolute atomic E-state index is 15.3. The van der Waals surface area contributed by atoms with E-state index >= 15 is 4.39 Å². The number of amides is 1. The lowest BCUT2D eigenvalue weighted by Gasteiger charge is -2.33. The molecule has 264 valence electrons. The third-order valence-corrected chi connectivity index (χ3v) is 10.3. The number of anilines is 2. The van der Waals surface area contributed by atoms with Gasteiger partial charge in [-0.15, -0.1) is 0 Å². The normalized spacial score (nSPS) is 24.0. The summed E-state index contributed by atoms with van der Waals surface area (Å²) in [6.07, 6.45) is -4.67. The highest BCUT2D eigenvalue weighted by Crippen LogP contribution is 2.44. The number of carbonyl (C=O) groups excluding carboxylic acids is 1. The van der Waals surface area contributed by atoms with Crippen molar-refractivity contribution in [2.75, 3.05) is 51.0 Å². The van der Waals surface area contributed by atoms with Crippen LogP contribution in [-0.4, -0.2) is 87.5 Å². The molecule has 0 aliphatic carbocycles. The van der Waals surface area contributed by atoms with Gasteiger partial charge in [0.2, 0.25) is 0 Å². The highest BCUT2D eigenvalue weighted by molar-refractivity contribution is 5.93. The number of aryl methyl sites for hydroxylation is 1. The first-order valence-electron chi connectivity index (χ1n) is 16.5. The molecular formula is C33H39F5N8O3. The second-order valence-corrected chi connectivity index (χ2v) is 13.7. The highest BCUT2D eigenvalue weighted by Gasteiger charge is 2.49. The van der Waals surface area contributed by atoms with Gasteiger partial charge in [-0.25, -0.2) is 8.78 Å². The summed E-state index contributed by atoms with van der Waals surface area (Å²) in [4.78, 5) is 27.9. The van der Waals surface area contributed by atoms with Gasteiger partial charge in [0.1, 0.15) is 18.6 Å². The van der Waals surface area contributed by atoms with Crippen molar-refractivity contribution in [2.24, 2.45) is 0 Å². The van der Waals surface area contributed by atoms with Crippen molar-refractivity contribution in [3.63, 3.8) is 0 Å². The topological polar surface area (TPSA) is 115 Å². The summed E-state index contributed by atoms with van der Waals surface area (Å²) < 4.78 is 86.1. The summed E-state index contributed by atoms with van der Waals surface area (Å²) in [5.74, 6) is -0.933. The van der Waals surface area contributed by atoms with E-state index in [-0.39, 0.29) is 31.6 Å². The van der Waals surface area contributed by atoms with Crippen molar-refractivity contribution in [3.8, 4) is 6.01 Å². The molecule has 7 rings (SSSR count). The molecule has 11 nitrogen and oxygen atoms in total. The summed E-state index contributed by atoms with van der Waals surface area (Å²) in [7, 11) is 3.33. The Balaban J connectivity index is 1.27. The number of rotatable bonds is 6. The molecule has 1 aromatic carbocycles. The summed E-state index contributed by atoms with van der Waals surface area (Å²) in [5, 5.41) is 4.60. The van der Waals surface area contributed by atoms with Gasteiger partial charge in [0, 0.05) is 63.3 Å². The molecule has 0 radical (unpaired) electrons. The van der Waals surface area contributed by atoms with Gasteiger partial charge >= 0.3 is 12.2 Å². The molecule has 4 aliphatic rings. The smallest absolute Gasteiger partial charge is 0.416 e. The maximum Gasteiger partial charge on any atom is 0.416 e. The number of aromatic nitrogens is 4. The van der Waals surface area contributed by atoms with E-state index < -0.39 is 46.6 Å². The van der Waals surface area contributed by atoms with E-state index in [0.29, 0.717) is 61.8 Å². The van der Waals surface area contributed by atoms with Crippen molar-refractivity contribution in [3.05, 3.63) is 57.3 Å². The number of halogens is 5. The van der Waals surface area contributed by atoms with Crippen LogP contribution in [0, 0.1) is 12.7 Å². The lowest BCUT2D eigenvalue weighted by Crippen LogP contribution is -2.43. The number of carbonyl (C=O) groups is 1. The van der Waals surface area contributed by atoms with Crippen LogP contribution < -0.4 is 15.4 Å². The van der Waals surface area contributed by atoms with Gasteiger partial charge in [0.05, 0.1) is 47.4 Å². The first-order valence-corrected chi connectivity index (χ1v) is 16.5. The minimum atomic E-state index is -4.85. The Labute approximate surface area is 280 Å². The molecule has 4 aliphatic heterocycles. The Morgan fingerprint density at radius 3 is 2.73 bits per heavy atom. The van der Waals surface area contributed by atoms with E-state index in [1.54, 1.807) is 14.1 Å². The first kappa shape index (κ1) is 33.4. The summed E-state index contributed by atoms with van der Waals surface area (Å²) in [6, 6.07) is 1.65. The van der Waals surface area contributed by atoms with E-state index in [0.717, 1.165) is 42.8 Å². The summed E-state index contributed by atoms with van der Waals surface area (Å²) in [5.41, 5.74) is 5.80. The zero-order chi connectivity index (χ0) is 34.8. The van der Waals surface area contributed by atoms with Crippen LogP contribution in [-0.2, 0) is 37.0 Å². The molecule has 0 spiro atoms. The second kappa shape index (κ2) is 12.4. The van der Waals surface area contributed by atoms with Crippen LogP contribution in [0.15, 0.2) is 12.1 Å². The number of benzene rings is 1. The molecule has 0 bridgehead atoms. The molecule has 0 saturated carbocycles. The van der Waals surface area contributed by atoms with E-state index in [4.69, 9.17) is 20.2 Å². The molecule has 2 N–H and O–H groups in total. The predicted octanol–water partition coefficient (Wildman–Crippen LogP) is 4.60. The van der Waals surface area contributed by atoms with Gasteiger partial charge in [0.25, 0.3) is 5.91 Å². The molecule has 2 unspecified atom stereocenters. The largest absolute Gasteiger partial charge is 0.461 e. The van der Waals surface area contributed by atoms with Gasteiger partial charge in [-0.3, -0.25) is 14.4 Å². The molecule has 6 heterocycles. The van der Waals surface area contributed by atoms with Gasteiger partial charge < -0.3 is 25.0 Å². The molecule has 2 fully saturated rings. The maximum atomic E-state index is 15.3. The van der Waals surface area contributed by atoms with Crippen molar-refractivity contribution < 1.29 is 36.2 Å². The van der Waals surface area contributed by atoms with Crippen LogP contribution in [0.1, 0.15) is 75.9 Å². The minimum absolute atomic E-state index is 0.0000216. The highest BCUT2D eigenvalue weighted by atomic mass is 19.4. The second-order valence-electron chi connectivity index (χ2n) is 13.7. The number of alkyl halides is 4. The number of hydrogen-bond acceptors (Lipinski definition) is 9. The fourth-order valence-electron chi connectivity index (χ4n) is 7.80. The lowest BCUT2D eigenvalue weighted by atomic mass is 9.93. The first-order chi connectivity index (χ1) is 23.3. The molecule has 2 aromatic heterocycles. The Kier molecular flexibility index (Phi) is 8.45. The average molecular weight is 691 g/mol. The fourth-order valence-corrected chi connectivity index (χ4v) is 7.80. The van der Waals surface area contributed by atoms with Gasteiger partial charge in [-0.2, -0.15) is 28.2 Å². The minimum Gasteiger partial charge on any atom is -0.461 e. The molecule has 3 aromatic rings. The summed E-state index contributed by atoms with van der Waals surface area (Å²) in [6.45, 7) is 4.33. The average Bonchev–Trinajstić information content (AvgIpc) is 3.62. The molecular weight excluding hydrogens is 651 g/mol. The van der Waals surface area contributed by atoms with Crippen LogP contribution in [0.5, 0.6) is 6.01 Å². The van der Waals surface area contributed by atoms with Crippen LogP contribution in [0.4, 0.5) is 33.5 Å². The summed E-state index contributed by atoms with van der Waals surface area (Å²) >= 11 is 0. The Morgan fingerprint density at radius 1 is 1.18 bits per heavy atom. The monoisotopic (exact) mass is 690 g/mol. The molecule has 49 heavy (non-hydrogen) atoms. The van der Waals surface area contributed by atoms with Crippen molar-refractivity contribution in [2.45, 2.75) is 82.7 Å². The quantitative estimate of drug-likeness (QED) is 0.293. The van der Waals surface area contributed by atoms with E-state index in [1.807, 2.05) is 16.5 Å². The van der Waals surface area contributed by atoms with E-state index in [2.05, 4.69) is 15.0 Å². The van der Waals surface area contributed by atoms with Crippen molar-refractivity contribution in [1.82, 2.24) is 29.5 Å². The van der Waals surface area contributed by atoms with Crippen molar-refractivity contribution in [1.29, 1.82) is 0 Å². The predicted molar refractivity (Wildman–Crippen MR) is 168 cm³/mol.